The molecule has 0 spiro atoms. The van der Waals surface area contributed by atoms with Crippen LogP contribution in [-0.4, -0.2) is 5.78 Å². The van der Waals surface area contributed by atoms with E-state index in [-0.39, 0.29) is 16.6 Å². The smallest absolute Gasteiger partial charge is 0.186 e. The van der Waals surface area contributed by atoms with E-state index < -0.39 is 0 Å². The second-order valence-corrected chi connectivity index (χ2v) is 8.40. The molecule has 1 aliphatic rings. The summed E-state index contributed by atoms with van der Waals surface area (Å²) < 4.78 is 0. The van der Waals surface area contributed by atoms with Gasteiger partial charge in [-0.1, -0.05) is 41.5 Å². The van der Waals surface area contributed by atoms with Gasteiger partial charge < -0.3 is 0 Å². The van der Waals surface area contributed by atoms with E-state index in [1.54, 1.807) is 30.5 Å². The minimum absolute atomic E-state index is 0.0936. The summed E-state index contributed by atoms with van der Waals surface area (Å²) in [5.41, 5.74) is 2.85. The lowest BCUT2D eigenvalue weighted by Gasteiger charge is -2.31. The highest BCUT2D eigenvalue weighted by Gasteiger charge is 2.33. The number of benzene rings is 1. The zero-order valence-electron chi connectivity index (χ0n) is 16.2. The van der Waals surface area contributed by atoms with Crippen LogP contribution in [0.15, 0.2) is 74.7 Å². The molecule has 0 aromatic heterocycles. The van der Waals surface area contributed by atoms with Gasteiger partial charge in [-0.05, 0) is 58.0 Å². The number of Topliss-reactive ketones (excluding diaryl/α,β-unsaturated/α-hetero) is 1. The van der Waals surface area contributed by atoms with Crippen molar-refractivity contribution >= 4 is 17.2 Å². The fourth-order valence-corrected chi connectivity index (χ4v) is 2.58. The number of ketones is 1. The van der Waals surface area contributed by atoms with Crippen molar-refractivity contribution in [2.45, 2.75) is 41.5 Å². The van der Waals surface area contributed by atoms with Gasteiger partial charge in [-0.15, -0.1) is 4.91 Å². The van der Waals surface area contributed by atoms with E-state index in [0.717, 1.165) is 16.7 Å². The van der Waals surface area contributed by atoms with Crippen LogP contribution < -0.4 is 0 Å². The minimum Gasteiger partial charge on any atom is -0.289 e. The van der Waals surface area contributed by atoms with E-state index in [0.29, 0.717) is 11.4 Å². The molecule has 5 nitrogen and oxygen atoms in total. The standard InChI is InChI=1S/C21H25N3O2/c1-20(2,3)17-11-14(12-18(19(17)25)21(4,5)6)13-22-23-15-7-9-16(24-26)10-8-15/h7-13H,1-6H3. The van der Waals surface area contributed by atoms with Crippen molar-refractivity contribution in [3.05, 3.63) is 64.2 Å². The molecule has 136 valence electrons. The summed E-state index contributed by atoms with van der Waals surface area (Å²) in [7, 11) is 0. The molecule has 1 aliphatic carbocycles. The average Bonchev–Trinajstić information content (AvgIpc) is 2.54. The molecule has 0 bridgehead atoms. The van der Waals surface area contributed by atoms with E-state index >= 15 is 0 Å². The molecule has 0 N–H and O–H groups in total. The summed E-state index contributed by atoms with van der Waals surface area (Å²) in [6, 6.07) is 6.53. The number of hydrogen-bond acceptors (Lipinski definition) is 5. The number of allylic oxidation sites excluding steroid dienone is 5. The highest BCUT2D eigenvalue weighted by Crippen LogP contribution is 2.38. The van der Waals surface area contributed by atoms with Crippen molar-refractivity contribution in [2.24, 2.45) is 26.2 Å². The Morgan fingerprint density at radius 3 is 1.69 bits per heavy atom. The molecular weight excluding hydrogens is 326 g/mol. The number of carbonyl (C=O) groups is 1. The Hall–Kier alpha value is -2.69. The maximum absolute atomic E-state index is 12.9. The average molecular weight is 351 g/mol. The summed E-state index contributed by atoms with van der Waals surface area (Å²) >= 11 is 0. The van der Waals surface area contributed by atoms with Crippen LogP contribution in [0.3, 0.4) is 0 Å². The normalized spacial score (nSPS) is 15.8. The molecule has 1 aromatic carbocycles. The Bertz CT molecular complexity index is 791. The van der Waals surface area contributed by atoms with Gasteiger partial charge in [-0.2, -0.15) is 10.2 Å². The molecule has 0 fully saturated rings. The van der Waals surface area contributed by atoms with Crippen LogP contribution in [0.25, 0.3) is 0 Å². The molecule has 5 heteroatoms. The van der Waals surface area contributed by atoms with Gasteiger partial charge in [0.2, 0.25) is 0 Å². The van der Waals surface area contributed by atoms with Crippen LogP contribution >= 0.6 is 0 Å². The third-order valence-corrected chi connectivity index (χ3v) is 4.06. The molecule has 0 aliphatic heterocycles. The Balaban J connectivity index is 2.37. The minimum atomic E-state index is -0.254. The van der Waals surface area contributed by atoms with Gasteiger partial charge in [0, 0.05) is 11.1 Å². The Kier molecular flexibility index (Phi) is 5.50. The number of nitrogens with zero attached hydrogens (tertiary/aromatic N) is 3. The topological polar surface area (TPSA) is 71.2 Å². The van der Waals surface area contributed by atoms with E-state index in [1.165, 1.54) is 0 Å². The van der Waals surface area contributed by atoms with Gasteiger partial charge in [-0.25, -0.2) is 0 Å². The quantitative estimate of drug-likeness (QED) is 0.456. The molecular formula is C21H25N3O2. The maximum Gasteiger partial charge on any atom is 0.186 e. The van der Waals surface area contributed by atoms with E-state index in [9.17, 15) is 9.70 Å². The molecule has 26 heavy (non-hydrogen) atoms. The van der Waals surface area contributed by atoms with Crippen LogP contribution in [0, 0.1) is 15.7 Å². The summed E-state index contributed by atoms with van der Waals surface area (Å²) in [6.07, 6.45) is 5.42. The first kappa shape index (κ1) is 19.6. The van der Waals surface area contributed by atoms with Crippen LogP contribution in [0.1, 0.15) is 41.5 Å². The van der Waals surface area contributed by atoms with Crippen LogP contribution in [-0.2, 0) is 4.79 Å². The predicted molar refractivity (Wildman–Crippen MR) is 105 cm³/mol. The highest BCUT2D eigenvalue weighted by molar-refractivity contribution is 6.11. The summed E-state index contributed by atoms with van der Waals surface area (Å²) in [5.74, 6) is 0.0936. The first-order valence-electron chi connectivity index (χ1n) is 8.56. The van der Waals surface area contributed by atoms with Gasteiger partial charge in [0.15, 0.2) is 5.78 Å². The number of rotatable bonds is 3. The van der Waals surface area contributed by atoms with E-state index in [2.05, 4.69) is 15.4 Å². The fraction of sp³-hybridized carbons (Fsp3) is 0.381. The van der Waals surface area contributed by atoms with Crippen molar-refractivity contribution in [1.29, 1.82) is 0 Å². The molecule has 2 rings (SSSR count). The van der Waals surface area contributed by atoms with Crippen LogP contribution in [0.4, 0.5) is 11.4 Å². The lowest BCUT2D eigenvalue weighted by atomic mass is 9.72. The highest BCUT2D eigenvalue weighted by atomic mass is 16.3. The van der Waals surface area contributed by atoms with Crippen molar-refractivity contribution in [3.63, 3.8) is 0 Å². The lowest BCUT2D eigenvalue weighted by Crippen LogP contribution is -2.27. The first-order chi connectivity index (χ1) is 12.0. The largest absolute Gasteiger partial charge is 0.289 e. The second-order valence-electron chi connectivity index (χ2n) is 8.40. The molecule has 0 saturated heterocycles. The zero-order valence-corrected chi connectivity index (χ0v) is 16.2. The molecule has 0 atom stereocenters. The number of azo groups is 1. The molecule has 1 aromatic rings. The van der Waals surface area contributed by atoms with Gasteiger partial charge in [0.25, 0.3) is 0 Å². The third kappa shape index (κ3) is 4.69. The fourth-order valence-electron chi connectivity index (χ4n) is 2.58. The molecule has 0 amide bonds. The Morgan fingerprint density at radius 2 is 1.27 bits per heavy atom. The molecule has 0 heterocycles. The van der Waals surface area contributed by atoms with Gasteiger partial charge in [0.1, 0.15) is 5.69 Å². The number of nitroso groups, excluding NO2 is 1. The van der Waals surface area contributed by atoms with Crippen molar-refractivity contribution in [3.8, 4) is 0 Å². The van der Waals surface area contributed by atoms with E-state index in [1.807, 2.05) is 53.7 Å². The third-order valence-electron chi connectivity index (χ3n) is 4.06. The molecule has 0 saturated carbocycles. The Labute approximate surface area is 154 Å². The lowest BCUT2D eigenvalue weighted by molar-refractivity contribution is -0.114. The Morgan fingerprint density at radius 1 is 0.808 bits per heavy atom. The van der Waals surface area contributed by atoms with Crippen molar-refractivity contribution in [1.82, 2.24) is 0 Å². The van der Waals surface area contributed by atoms with Gasteiger partial charge in [0.05, 0.1) is 11.9 Å². The SMILES string of the molecule is CC(C)(C)C1=CC(=CN=Nc2ccc(N=O)cc2)C=C(C(C)(C)C)C1=O. The second kappa shape index (κ2) is 7.28. The first-order valence-corrected chi connectivity index (χ1v) is 8.56. The van der Waals surface area contributed by atoms with Crippen LogP contribution in [0.2, 0.25) is 0 Å². The van der Waals surface area contributed by atoms with Crippen LogP contribution in [0.5, 0.6) is 0 Å². The van der Waals surface area contributed by atoms with Crippen molar-refractivity contribution < 1.29 is 4.79 Å². The zero-order chi connectivity index (χ0) is 19.5. The summed E-state index contributed by atoms with van der Waals surface area (Å²) in [4.78, 5) is 23.3. The monoisotopic (exact) mass is 351 g/mol. The van der Waals surface area contributed by atoms with Crippen molar-refractivity contribution in [2.75, 3.05) is 0 Å². The van der Waals surface area contributed by atoms with Gasteiger partial charge >= 0.3 is 0 Å². The summed E-state index contributed by atoms with van der Waals surface area (Å²) in [5, 5.41) is 11.1. The maximum atomic E-state index is 12.9. The van der Waals surface area contributed by atoms with E-state index in [4.69, 9.17) is 0 Å². The predicted octanol–water partition coefficient (Wildman–Crippen LogP) is 6.58. The summed E-state index contributed by atoms with van der Waals surface area (Å²) in [6.45, 7) is 12.2. The molecule has 0 radical (unpaired) electrons. The van der Waals surface area contributed by atoms with Gasteiger partial charge in [-0.3, -0.25) is 4.79 Å². The molecule has 0 unspecified atom stereocenters. The number of hydrogen-bond donors (Lipinski definition) is 0. The number of carbonyl (C=O) groups excluding carboxylic acids is 1.